The molecule has 170 valence electrons. The van der Waals surface area contributed by atoms with Gasteiger partial charge in [0.05, 0.1) is 25.4 Å². The predicted octanol–water partition coefficient (Wildman–Crippen LogP) is 5.11. The minimum absolute atomic E-state index is 0.239. The van der Waals surface area contributed by atoms with Crippen LogP contribution in [0.4, 0.5) is 24.7 Å². The molecule has 0 saturated heterocycles. The zero-order valence-electron chi connectivity index (χ0n) is 17.8. The molecule has 0 saturated carbocycles. The zero-order chi connectivity index (χ0) is 23.7. The quantitative estimate of drug-likeness (QED) is 0.378. The molecule has 0 radical (unpaired) electrons. The maximum atomic E-state index is 14.3. The van der Waals surface area contributed by atoms with Crippen LogP contribution in [0.1, 0.15) is 5.56 Å². The molecular weight excluding hydrogens is 445 g/mol. The Morgan fingerprint density at radius 3 is 2.47 bits per heavy atom. The third kappa shape index (κ3) is 4.01. The van der Waals surface area contributed by atoms with Gasteiger partial charge in [-0.3, -0.25) is 9.67 Å². The summed E-state index contributed by atoms with van der Waals surface area (Å²) in [7, 11) is 1.51. The van der Waals surface area contributed by atoms with E-state index in [0.717, 1.165) is 5.69 Å². The fourth-order valence-electron chi connectivity index (χ4n) is 3.58. The molecule has 0 spiro atoms. The van der Waals surface area contributed by atoms with E-state index in [-0.39, 0.29) is 17.9 Å². The van der Waals surface area contributed by atoms with Crippen LogP contribution in [-0.2, 0) is 6.54 Å². The number of halogens is 3. The Bertz CT molecular complexity index is 1470. The molecule has 0 atom stereocenters. The van der Waals surface area contributed by atoms with E-state index in [4.69, 9.17) is 4.74 Å². The first-order valence-electron chi connectivity index (χ1n) is 10.2. The van der Waals surface area contributed by atoms with Crippen molar-refractivity contribution < 1.29 is 17.9 Å². The molecule has 0 bridgehead atoms. The Balaban J connectivity index is 1.59. The molecular formula is C24H17F3N6O. The standard InChI is InChI=1S/C24H17F3N6O/c1-34-21-12-29-24(31-23(21)30-15-6-8-28-9-7-15)22-16-4-2-3-5-20(16)33(32-22)13-17-18(26)10-14(25)11-19(17)27/h2-12H,13H2,1H3,(H,28,29,30,31). The average molecular weight is 462 g/mol. The molecule has 2 aromatic carbocycles. The van der Waals surface area contributed by atoms with Gasteiger partial charge in [0.25, 0.3) is 0 Å². The van der Waals surface area contributed by atoms with Crippen LogP contribution >= 0.6 is 0 Å². The maximum Gasteiger partial charge on any atom is 0.183 e. The molecule has 1 N–H and O–H groups in total. The number of nitrogens with one attached hydrogen (secondary N) is 1. The van der Waals surface area contributed by atoms with Gasteiger partial charge in [-0.15, -0.1) is 0 Å². The lowest BCUT2D eigenvalue weighted by Gasteiger charge is -2.10. The fraction of sp³-hybridized carbons (Fsp3) is 0.0833. The molecule has 10 heteroatoms. The Hall–Kier alpha value is -4.47. The molecule has 34 heavy (non-hydrogen) atoms. The van der Waals surface area contributed by atoms with Gasteiger partial charge in [0.1, 0.15) is 23.1 Å². The van der Waals surface area contributed by atoms with Crippen molar-refractivity contribution in [2.45, 2.75) is 6.54 Å². The van der Waals surface area contributed by atoms with Crippen LogP contribution in [0.3, 0.4) is 0 Å². The number of pyridine rings is 1. The van der Waals surface area contributed by atoms with Crippen LogP contribution in [-0.4, -0.2) is 31.8 Å². The molecule has 5 aromatic rings. The van der Waals surface area contributed by atoms with Crippen molar-refractivity contribution in [2.24, 2.45) is 0 Å². The van der Waals surface area contributed by atoms with Crippen molar-refractivity contribution in [1.29, 1.82) is 0 Å². The van der Waals surface area contributed by atoms with E-state index in [1.54, 1.807) is 36.7 Å². The first-order valence-corrected chi connectivity index (χ1v) is 10.2. The van der Waals surface area contributed by atoms with Crippen molar-refractivity contribution in [2.75, 3.05) is 12.4 Å². The molecule has 0 amide bonds. The van der Waals surface area contributed by atoms with Crippen molar-refractivity contribution in [3.8, 4) is 17.3 Å². The van der Waals surface area contributed by atoms with Gasteiger partial charge < -0.3 is 10.1 Å². The number of methoxy groups -OCH3 is 1. The number of benzene rings is 2. The molecule has 0 aliphatic heterocycles. The summed E-state index contributed by atoms with van der Waals surface area (Å²) in [5.41, 5.74) is 1.48. The van der Waals surface area contributed by atoms with E-state index in [1.165, 1.54) is 18.0 Å². The lowest BCUT2D eigenvalue weighted by molar-refractivity contribution is 0.413. The summed E-state index contributed by atoms with van der Waals surface area (Å²) >= 11 is 0. The first kappa shape index (κ1) is 21.4. The minimum atomic E-state index is -0.983. The second-order valence-corrected chi connectivity index (χ2v) is 7.34. The van der Waals surface area contributed by atoms with Gasteiger partial charge in [-0.1, -0.05) is 18.2 Å². The Morgan fingerprint density at radius 2 is 1.74 bits per heavy atom. The van der Waals surface area contributed by atoms with Crippen LogP contribution in [0, 0.1) is 17.5 Å². The van der Waals surface area contributed by atoms with Gasteiger partial charge in [-0.25, -0.2) is 23.1 Å². The van der Waals surface area contributed by atoms with Crippen molar-refractivity contribution in [3.05, 3.63) is 90.1 Å². The molecule has 5 rings (SSSR count). The summed E-state index contributed by atoms with van der Waals surface area (Å²) in [5.74, 6) is -1.84. The van der Waals surface area contributed by atoms with E-state index in [9.17, 15) is 13.2 Å². The largest absolute Gasteiger partial charge is 0.491 e. The highest BCUT2D eigenvalue weighted by molar-refractivity contribution is 5.92. The number of aromatic nitrogens is 5. The molecule has 3 aromatic heterocycles. The lowest BCUT2D eigenvalue weighted by atomic mass is 10.1. The summed E-state index contributed by atoms with van der Waals surface area (Å²) in [5, 5.41) is 8.40. The number of fused-ring (bicyclic) bond motifs is 1. The Labute approximate surface area is 191 Å². The second kappa shape index (κ2) is 8.81. The van der Waals surface area contributed by atoms with Crippen molar-refractivity contribution in [3.63, 3.8) is 0 Å². The van der Waals surface area contributed by atoms with Crippen molar-refractivity contribution in [1.82, 2.24) is 24.7 Å². The number of anilines is 2. The number of nitrogens with zero attached hydrogens (tertiary/aromatic N) is 5. The molecule has 0 fully saturated rings. The van der Waals surface area contributed by atoms with Crippen LogP contribution in [0.25, 0.3) is 22.4 Å². The SMILES string of the molecule is COc1cnc(-c2nn(Cc3c(F)cc(F)cc3F)c3ccccc23)nc1Nc1ccncc1. The minimum Gasteiger partial charge on any atom is -0.491 e. The third-order valence-electron chi connectivity index (χ3n) is 5.20. The molecule has 0 unspecified atom stereocenters. The monoisotopic (exact) mass is 462 g/mol. The second-order valence-electron chi connectivity index (χ2n) is 7.34. The number of ether oxygens (including phenoxy) is 1. The molecule has 7 nitrogen and oxygen atoms in total. The van der Waals surface area contributed by atoms with Crippen LogP contribution < -0.4 is 10.1 Å². The van der Waals surface area contributed by atoms with Crippen LogP contribution in [0.15, 0.2) is 67.1 Å². The summed E-state index contributed by atoms with van der Waals surface area (Å²) in [4.78, 5) is 13.0. The summed E-state index contributed by atoms with van der Waals surface area (Å²) in [6.07, 6.45) is 4.79. The van der Waals surface area contributed by atoms with E-state index in [2.05, 4.69) is 25.4 Å². The number of rotatable bonds is 6. The summed E-state index contributed by atoms with van der Waals surface area (Å²) in [6.45, 7) is -0.239. The normalized spacial score (nSPS) is 11.1. The topological polar surface area (TPSA) is 77.8 Å². The zero-order valence-corrected chi connectivity index (χ0v) is 17.8. The summed E-state index contributed by atoms with van der Waals surface area (Å²) in [6, 6.07) is 12.0. The fourth-order valence-corrected chi connectivity index (χ4v) is 3.58. The summed E-state index contributed by atoms with van der Waals surface area (Å²) < 4.78 is 48.7. The highest BCUT2D eigenvalue weighted by Crippen LogP contribution is 2.31. The number of para-hydroxylation sites is 1. The number of hydrogen-bond acceptors (Lipinski definition) is 6. The van der Waals surface area contributed by atoms with Gasteiger partial charge >= 0.3 is 0 Å². The van der Waals surface area contributed by atoms with E-state index in [0.29, 0.717) is 40.3 Å². The third-order valence-corrected chi connectivity index (χ3v) is 5.20. The van der Waals surface area contributed by atoms with Crippen molar-refractivity contribution >= 4 is 22.4 Å². The first-order chi connectivity index (χ1) is 16.5. The molecule has 3 heterocycles. The maximum absolute atomic E-state index is 14.3. The van der Waals surface area contributed by atoms with Gasteiger partial charge in [0.2, 0.25) is 0 Å². The lowest BCUT2D eigenvalue weighted by Crippen LogP contribution is -2.07. The van der Waals surface area contributed by atoms with Gasteiger partial charge in [0.15, 0.2) is 17.4 Å². The van der Waals surface area contributed by atoms with E-state index < -0.39 is 17.5 Å². The van der Waals surface area contributed by atoms with Crippen LogP contribution in [0.2, 0.25) is 0 Å². The smallest absolute Gasteiger partial charge is 0.183 e. The van der Waals surface area contributed by atoms with E-state index >= 15 is 0 Å². The molecule has 0 aliphatic carbocycles. The van der Waals surface area contributed by atoms with E-state index in [1.807, 2.05) is 12.1 Å². The van der Waals surface area contributed by atoms with Gasteiger partial charge in [-0.2, -0.15) is 5.10 Å². The average Bonchev–Trinajstić information content (AvgIpc) is 3.20. The predicted molar refractivity (Wildman–Crippen MR) is 120 cm³/mol. The highest BCUT2D eigenvalue weighted by atomic mass is 19.1. The molecule has 0 aliphatic rings. The highest BCUT2D eigenvalue weighted by Gasteiger charge is 2.19. The van der Waals surface area contributed by atoms with Gasteiger partial charge in [-0.05, 0) is 18.2 Å². The Morgan fingerprint density at radius 1 is 1.00 bits per heavy atom. The van der Waals surface area contributed by atoms with Gasteiger partial charge in [0, 0.05) is 41.2 Å². The number of hydrogen-bond donors (Lipinski definition) is 1. The van der Waals surface area contributed by atoms with Crippen LogP contribution in [0.5, 0.6) is 5.75 Å². The Kier molecular flexibility index (Phi) is 5.54.